The predicted octanol–water partition coefficient (Wildman–Crippen LogP) is 1.92. The molecule has 31 heavy (non-hydrogen) atoms. The van der Waals surface area contributed by atoms with Gasteiger partial charge >= 0.3 is 0 Å². The predicted molar refractivity (Wildman–Crippen MR) is 123 cm³/mol. The Kier molecular flexibility index (Phi) is 10.3. The summed E-state index contributed by atoms with van der Waals surface area (Å²) in [6.45, 7) is 4.29. The Morgan fingerprint density at radius 1 is 1.03 bits per heavy atom. The van der Waals surface area contributed by atoms with Crippen molar-refractivity contribution in [1.29, 1.82) is 0 Å². The minimum Gasteiger partial charge on any atom is -0.496 e. The normalized spacial score (nSPS) is 11.9. The summed E-state index contributed by atoms with van der Waals surface area (Å²) < 4.78 is 37.6. The van der Waals surface area contributed by atoms with Crippen molar-refractivity contribution in [3.63, 3.8) is 0 Å². The van der Waals surface area contributed by atoms with E-state index in [1.807, 2.05) is 37.3 Å². The van der Waals surface area contributed by atoms with E-state index in [1.165, 1.54) is 7.11 Å². The molecular formula is C22H32N4O4S. The molecule has 0 radical (unpaired) electrons. The van der Waals surface area contributed by atoms with Crippen molar-refractivity contribution in [3.05, 3.63) is 59.7 Å². The molecule has 2 aromatic rings. The van der Waals surface area contributed by atoms with Crippen LogP contribution in [0.4, 0.5) is 0 Å². The van der Waals surface area contributed by atoms with Gasteiger partial charge in [-0.15, -0.1) is 0 Å². The first-order valence-electron chi connectivity index (χ1n) is 10.2. The van der Waals surface area contributed by atoms with E-state index in [0.29, 0.717) is 25.7 Å². The molecule has 0 aliphatic heterocycles. The molecule has 0 atom stereocenters. The van der Waals surface area contributed by atoms with Crippen LogP contribution in [-0.2, 0) is 27.7 Å². The minimum atomic E-state index is -3.58. The van der Waals surface area contributed by atoms with Crippen molar-refractivity contribution < 1.29 is 17.9 Å². The number of para-hydroxylation sites is 1. The topological polar surface area (TPSA) is 101 Å². The van der Waals surface area contributed by atoms with Crippen LogP contribution in [0.5, 0.6) is 5.75 Å². The van der Waals surface area contributed by atoms with E-state index >= 15 is 0 Å². The van der Waals surface area contributed by atoms with Gasteiger partial charge in [-0.3, -0.25) is 0 Å². The second-order valence-corrected chi connectivity index (χ2v) is 8.49. The Hall–Kier alpha value is -2.62. The number of guanidine groups is 1. The first-order chi connectivity index (χ1) is 15.0. The smallest absolute Gasteiger partial charge is 0.240 e. The highest BCUT2D eigenvalue weighted by Gasteiger charge is 2.13. The van der Waals surface area contributed by atoms with Crippen LogP contribution in [0.2, 0.25) is 0 Å². The SMILES string of the molecule is CCNC(=NCc1cccc(S(=O)(=O)NCCOC)c1)NCCc1ccccc1OC. The highest BCUT2D eigenvalue weighted by Crippen LogP contribution is 2.17. The lowest BCUT2D eigenvalue weighted by Crippen LogP contribution is -2.38. The van der Waals surface area contributed by atoms with Gasteiger partial charge in [0.05, 0.1) is 25.2 Å². The second-order valence-electron chi connectivity index (χ2n) is 6.72. The number of ether oxygens (including phenoxy) is 2. The summed E-state index contributed by atoms with van der Waals surface area (Å²) in [5, 5.41) is 6.52. The van der Waals surface area contributed by atoms with E-state index in [2.05, 4.69) is 20.3 Å². The van der Waals surface area contributed by atoms with Gasteiger partial charge in [0.2, 0.25) is 10.0 Å². The van der Waals surface area contributed by atoms with Gasteiger partial charge in [-0.2, -0.15) is 0 Å². The molecule has 0 unspecified atom stereocenters. The lowest BCUT2D eigenvalue weighted by Gasteiger charge is -2.13. The quantitative estimate of drug-likeness (QED) is 0.261. The average Bonchev–Trinajstić information content (AvgIpc) is 2.78. The van der Waals surface area contributed by atoms with Gasteiger partial charge in [-0.25, -0.2) is 18.1 Å². The molecule has 0 aliphatic carbocycles. The maximum absolute atomic E-state index is 12.4. The Morgan fingerprint density at radius 3 is 2.58 bits per heavy atom. The molecule has 0 aliphatic rings. The zero-order valence-electron chi connectivity index (χ0n) is 18.3. The highest BCUT2D eigenvalue weighted by molar-refractivity contribution is 7.89. The second kappa shape index (κ2) is 12.9. The molecule has 0 saturated carbocycles. The molecule has 3 N–H and O–H groups in total. The zero-order valence-corrected chi connectivity index (χ0v) is 19.2. The maximum Gasteiger partial charge on any atom is 0.240 e. The van der Waals surface area contributed by atoms with Crippen LogP contribution in [0.3, 0.4) is 0 Å². The average molecular weight is 449 g/mol. The van der Waals surface area contributed by atoms with E-state index in [0.717, 1.165) is 29.8 Å². The van der Waals surface area contributed by atoms with E-state index in [1.54, 1.807) is 25.3 Å². The van der Waals surface area contributed by atoms with Crippen molar-refractivity contribution in [2.75, 3.05) is 40.5 Å². The van der Waals surface area contributed by atoms with E-state index < -0.39 is 10.0 Å². The molecule has 170 valence electrons. The van der Waals surface area contributed by atoms with Crippen LogP contribution in [-0.4, -0.2) is 54.8 Å². The third-order valence-electron chi connectivity index (χ3n) is 4.45. The number of nitrogens with zero attached hydrogens (tertiary/aromatic N) is 1. The summed E-state index contributed by atoms with van der Waals surface area (Å²) in [6, 6.07) is 14.7. The van der Waals surface area contributed by atoms with Crippen molar-refractivity contribution in [3.8, 4) is 5.75 Å². The van der Waals surface area contributed by atoms with Gasteiger partial charge < -0.3 is 20.1 Å². The van der Waals surface area contributed by atoms with Crippen LogP contribution in [0.1, 0.15) is 18.1 Å². The van der Waals surface area contributed by atoms with Gasteiger partial charge in [-0.05, 0) is 42.7 Å². The Morgan fingerprint density at radius 2 is 1.84 bits per heavy atom. The Balaban J connectivity index is 2.00. The molecule has 2 aromatic carbocycles. The van der Waals surface area contributed by atoms with Crippen LogP contribution in [0.25, 0.3) is 0 Å². The molecule has 0 aromatic heterocycles. The largest absolute Gasteiger partial charge is 0.496 e. The summed E-state index contributed by atoms with van der Waals surface area (Å²) in [7, 11) is -0.384. The summed E-state index contributed by atoms with van der Waals surface area (Å²) in [5.74, 6) is 1.53. The molecule has 0 spiro atoms. The lowest BCUT2D eigenvalue weighted by atomic mass is 10.1. The third-order valence-corrected chi connectivity index (χ3v) is 5.91. The van der Waals surface area contributed by atoms with Crippen molar-refractivity contribution in [2.24, 2.45) is 4.99 Å². The van der Waals surface area contributed by atoms with Crippen molar-refractivity contribution in [2.45, 2.75) is 24.8 Å². The van der Waals surface area contributed by atoms with Gasteiger partial charge in [0, 0.05) is 26.7 Å². The van der Waals surface area contributed by atoms with E-state index in [-0.39, 0.29) is 11.4 Å². The number of hydrogen-bond donors (Lipinski definition) is 3. The van der Waals surface area contributed by atoms with Crippen LogP contribution >= 0.6 is 0 Å². The number of hydrogen-bond acceptors (Lipinski definition) is 5. The first-order valence-corrected chi connectivity index (χ1v) is 11.7. The van der Waals surface area contributed by atoms with Crippen LogP contribution in [0.15, 0.2) is 58.4 Å². The number of sulfonamides is 1. The Labute approximate surface area is 185 Å². The summed E-state index contributed by atoms with van der Waals surface area (Å²) >= 11 is 0. The number of nitrogens with one attached hydrogen (secondary N) is 3. The fourth-order valence-corrected chi connectivity index (χ4v) is 3.99. The molecule has 2 rings (SSSR count). The van der Waals surface area contributed by atoms with Crippen LogP contribution in [0, 0.1) is 0 Å². The first kappa shape index (κ1) is 24.6. The Bertz CT molecular complexity index is 948. The van der Waals surface area contributed by atoms with Gasteiger partial charge in [-0.1, -0.05) is 30.3 Å². The fourth-order valence-electron chi connectivity index (χ4n) is 2.91. The van der Waals surface area contributed by atoms with Gasteiger partial charge in [0.15, 0.2) is 5.96 Å². The van der Waals surface area contributed by atoms with Gasteiger partial charge in [0.25, 0.3) is 0 Å². The molecule has 0 bridgehead atoms. The molecular weight excluding hydrogens is 416 g/mol. The summed E-state index contributed by atoms with van der Waals surface area (Å²) in [5.41, 5.74) is 1.92. The standard InChI is InChI=1S/C22H32N4O4S/c1-4-23-22(24-13-12-19-9-5-6-11-21(19)30-3)25-17-18-8-7-10-20(16-18)31(27,28)26-14-15-29-2/h5-11,16,26H,4,12-15,17H2,1-3H3,(H2,23,24,25). The summed E-state index contributed by atoms with van der Waals surface area (Å²) in [4.78, 5) is 4.80. The molecule has 0 heterocycles. The number of benzene rings is 2. The molecule has 0 fully saturated rings. The lowest BCUT2D eigenvalue weighted by molar-refractivity contribution is 0.204. The maximum atomic E-state index is 12.4. The van der Waals surface area contributed by atoms with Crippen LogP contribution < -0.4 is 20.1 Å². The molecule has 9 heteroatoms. The number of aliphatic imine (C=N–C) groups is 1. The molecule has 0 saturated heterocycles. The highest BCUT2D eigenvalue weighted by atomic mass is 32.2. The zero-order chi connectivity index (χ0) is 22.5. The molecule has 0 amide bonds. The third kappa shape index (κ3) is 8.20. The number of rotatable bonds is 12. The monoisotopic (exact) mass is 448 g/mol. The molecule has 8 nitrogen and oxygen atoms in total. The van der Waals surface area contributed by atoms with Crippen molar-refractivity contribution >= 4 is 16.0 Å². The van der Waals surface area contributed by atoms with Crippen molar-refractivity contribution in [1.82, 2.24) is 15.4 Å². The van der Waals surface area contributed by atoms with E-state index in [4.69, 9.17) is 9.47 Å². The fraction of sp³-hybridized carbons (Fsp3) is 0.409. The number of methoxy groups -OCH3 is 2. The minimum absolute atomic E-state index is 0.213. The summed E-state index contributed by atoms with van der Waals surface area (Å²) in [6.07, 6.45) is 0.787. The van der Waals surface area contributed by atoms with Gasteiger partial charge in [0.1, 0.15) is 5.75 Å². The van der Waals surface area contributed by atoms with E-state index in [9.17, 15) is 8.42 Å².